The first-order valence-electron chi connectivity index (χ1n) is 8.85. The first kappa shape index (κ1) is 18.9. The van der Waals surface area contributed by atoms with Crippen molar-refractivity contribution in [1.82, 2.24) is 9.88 Å². The van der Waals surface area contributed by atoms with E-state index in [1.807, 2.05) is 32.0 Å². The quantitative estimate of drug-likeness (QED) is 0.905. The molecule has 5 heteroatoms. The molecule has 5 nitrogen and oxygen atoms in total. The third kappa shape index (κ3) is 5.56. The zero-order valence-corrected chi connectivity index (χ0v) is 15.0. The number of ether oxygens (including phenoxy) is 1. The van der Waals surface area contributed by atoms with Crippen LogP contribution in [-0.4, -0.2) is 49.3 Å². The molecule has 1 aromatic heterocycles. The molecule has 0 radical (unpaired) electrons. The molecule has 132 valence electrons. The van der Waals surface area contributed by atoms with Crippen LogP contribution in [0, 0.1) is 11.3 Å². The summed E-state index contributed by atoms with van der Waals surface area (Å²) in [6, 6.07) is 12.2. The van der Waals surface area contributed by atoms with Crippen molar-refractivity contribution in [3.05, 3.63) is 48.3 Å². The van der Waals surface area contributed by atoms with Crippen LogP contribution >= 0.6 is 0 Å². The third-order valence-electron chi connectivity index (χ3n) is 4.00. The second-order valence-corrected chi connectivity index (χ2v) is 5.49. The summed E-state index contributed by atoms with van der Waals surface area (Å²) >= 11 is 0. The van der Waals surface area contributed by atoms with Gasteiger partial charge in [0.1, 0.15) is 6.07 Å². The van der Waals surface area contributed by atoms with E-state index in [2.05, 4.69) is 33.4 Å². The van der Waals surface area contributed by atoms with E-state index < -0.39 is 0 Å². The zero-order valence-electron chi connectivity index (χ0n) is 15.0. The Kier molecular flexibility index (Phi) is 7.90. The summed E-state index contributed by atoms with van der Waals surface area (Å²) in [7, 11) is 0. The van der Waals surface area contributed by atoms with Crippen molar-refractivity contribution < 1.29 is 4.74 Å². The van der Waals surface area contributed by atoms with Gasteiger partial charge in [0, 0.05) is 49.8 Å². The highest BCUT2D eigenvalue weighted by Gasteiger charge is 2.09. The van der Waals surface area contributed by atoms with Gasteiger partial charge in [-0.15, -0.1) is 0 Å². The van der Waals surface area contributed by atoms with Gasteiger partial charge >= 0.3 is 0 Å². The molecular formula is C20H26N4O. The van der Waals surface area contributed by atoms with E-state index in [0.717, 1.165) is 56.2 Å². The lowest BCUT2D eigenvalue weighted by Crippen LogP contribution is -2.38. The van der Waals surface area contributed by atoms with E-state index in [0.29, 0.717) is 5.56 Å². The van der Waals surface area contributed by atoms with Crippen LogP contribution < -0.4 is 5.32 Å². The van der Waals surface area contributed by atoms with Crippen molar-refractivity contribution in [3.63, 3.8) is 0 Å². The number of benzene rings is 1. The molecule has 0 spiro atoms. The maximum absolute atomic E-state index is 9.16. The normalized spacial score (nSPS) is 14.1. The smallest absolute Gasteiger partial charge is 0.101 e. The number of nitrogens with one attached hydrogen (secondary N) is 1. The summed E-state index contributed by atoms with van der Waals surface area (Å²) in [5.41, 5.74) is 3.64. The van der Waals surface area contributed by atoms with Gasteiger partial charge < -0.3 is 10.1 Å². The van der Waals surface area contributed by atoms with Crippen LogP contribution in [0.2, 0.25) is 0 Å². The lowest BCUT2D eigenvalue weighted by molar-refractivity contribution is 0.0398. The number of anilines is 1. The highest BCUT2D eigenvalue weighted by molar-refractivity contribution is 5.71. The Morgan fingerprint density at radius 2 is 1.88 bits per heavy atom. The van der Waals surface area contributed by atoms with Gasteiger partial charge in [0.05, 0.1) is 18.8 Å². The van der Waals surface area contributed by atoms with Gasteiger partial charge in [-0.2, -0.15) is 5.26 Å². The van der Waals surface area contributed by atoms with Crippen LogP contribution in [0.5, 0.6) is 0 Å². The van der Waals surface area contributed by atoms with Crippen LogP contribution in [0.3, 0.4) is 0 Å². The van der Waals surface area contributed by atoms with Crippen LogP contribution in [-0.2, 0) is 4.74 Å². The van der Waals surface area contributed by atoms with E-state index in [4.69, 9.17) is 10.00 Å². The number of aromatic nitrogens is 1. The van der Waals surface area contributed by atoms with Gasteiger partial charge in [0.2, 0.25) is 0 Å². The van der Waals surface area contributed by atoms with E-state index in [-0.39, 0.29) is 0 Å². The van der Waals surface area contributed by atoms with E-state index in [1.165, 1.54) is 0 Å². The second kappa shape index (κ2) is 10.4. The topological polar surface area (TPSA) is 61.2 Å². The number of rotatable bonds is 5. The standard InChI is InChI=1S/C18H20N4O.C2H6/c19-13-16-14-20-6-5-18(16)15-1-3-17(4-2-15)21-7-8-22-9-11-23-12-10-22;1-2/h1-6,14,21H,7-12H2;1-2H3. The predicted molar refractivity (Wildman–Crippen MR) is 101 cm³/mol. The monoisotopic (exact) mass is 338 g/mol. The van der Waals surface area contributed by atoms with Crippen LogP contribution in [0.15, 0.2) is 42.7 Å². The summed E-state index contributed by atoms with van der Waals surface area (Å²) in [6.45, 7) is 9.63. The Hall–Kier alpha value is -2.42. The molecule has 0 unspecified atom stereocenters. The SMILES string of the molecule is CC.N#Cc1cnccc1-c1ccc(NCCN2CCOCC2)cc1. The van der Waals surface area contributed by atoms with Crippen molar-refractivity contribution in [2.45, 2.75) is 13.8 Å². The van der Waals surface area contributed by atoms with Crippen LogP contribution in [0.1, 0.15) is 19.4 Å². The average molecular weight is 338 g/mol. The Balaban J connectivity index is 0.00000109. The number of nitrogens with zero attached hydrogens (tertiary/aromatic N) is 3. The van der Waals surface area contributed by atoms with Gasteiger partial charge in [0.15, 0.2) is 0 Å². The molecule has 1 aliphatic heterocycles. The van der Waals surface area contributed by atoms with Gasteiger partial charge in [-0.1, -0.05) is 26.0 Å². The average Bonchev–Trinajstić information content (AvgIpc) is 2.71. The highest BCUT2D eigenvalue weighted by atomic mass is 16.5. The van der Waals surface area contributed by atoms with Crippen LogP contribution in [0.4, 0.5) is 5.69 Å². The van der Waals surface area contributed by atoms with Crippen molar-refractivity contribution >= 4 is 5.69 Å². The minimum absolute atomic E-state index is 0.598. The summed E-state index contributed by atoms with van der Waals surface area (Å²) in [6.07, 6.45) is 3.31. The number of morpholine rings is 1. The Morgan fingerprint density at radius 1 is 1.16 bits per heavy atom. The molecule has 3 rings (SSSR count). The number of nitriles is 1. The van der Waals surface area contributed by atoms with Crippen LogP contribution in [0.25, 0.3) is 11.1 Å². The summed E-state index contributed by atoms with van der Waals surface area (Å²) in [5, 5.41) is 12.6. The van der Waals surface area contributed by atoms with Crippen molar-refractivity contribution in [1.29, 1.82) is 5.26 Å². The molecule has 2 heterocycles. The molecule has 1 saturated heterocycles. The summed E-state index contributed by atoms with van der Waals surface area (Å²) in [5.74, 6) is 0. The zero-order chi connectivity index (χ0) is 17.9. The first-order valence-corrected chi connectivity index (χ1v) is 8.85. The van der Waals surface area contributed by atoms with Crippen molar-refractivity contribution in [3.8, 4) is 17.2 Å². The summed E-state index contributed by atoms with van der Waals surface area (Å²) in [4.78, 5) is 6.40. The molecule has 1 N–H and O–H groups in total. The van der Waals surface area contributed by atoms with Gasteiger partial charge in [0.25, 0.3) is 0 Å². The minimum atomic E-state index is 0.598. The lowest BCUT2D eigenvalue weighted by atomic mass is 10.0. The molecule has 0 aliphatic carbocycles. The fourth-order valence-corrected chi connectivity index (χ4v) is 2.69. The number of hydrogen-bond acceptors (Lipinski definition) is 5. The maximum atomic E-state index is 9.16. The largest absolute Gasteiger partial charge is 0.384 e. The number of pyridine rings is 1. The third-order valence-corrected chi connectivity index (χ3v) is 4.00. The molecule has 0 amide bonds. The molecule has 0 bridgehead atoms. The molecule has 0 saturated carbocycles. The predicted octanol–water partition coefficient (Wildman–Crippen LogP) is 3.39. The second-order valence-electron chi connectivity index (χ2n) is 5.49. The number of hydrogen-bond donors (Lipinski definition) is 1. The summed E-state index contributed by atoms with van der Waals surface area (Å²) < 4.78 is 5.35. The molecular weight excluding hydrogens is 312 g/mol. The Bertz CT molecular complexity index is 673. The van der Waals surface area contributed by atoms with E-state index in [1.54, 1.807) is 12.4 Å². The Labute approximate surface area is 150 Å². The lowest BCUT2D eigenvalue weighted by Gasteiger charge is -2.26. The highest BCUT2D eigenvalue weighted by Crippen LogP contribution is 2.23. The molecule has 1 fully saturated rings. The van der Waals surface area contributed by atoms with Gasteiger partial charge in [-0.05, 0) is 23.8 Å². The molecule has 0 atom stereocenters. The Morgan fingerprint density at radius 3 is 2.56 bits per heavy atom. The first-order chi connectivity index (χ1) is 12.4. The maximum Gasteiger partial charge on any atom is 0.101 e. The molecule has 1 aliphatic rings. The molecule has 2 aromatic rings. The molecule has 1 aromatic carbocycles. The van der Waals surface area contributed by atoms with Gasteiger partial charge in [-0.3, -0.25) is 9.88 Å². The van der Waals surface area contributed by atoms with E-state index >= 15 is 0 Å². The van der Waals surface area contributed by atoms with Crippen molar-refractivity contribution in [2.75, 3.05) is 44.7 Å². The minimum Gasteiger partial charge on any atom is -0.384 e. The van der Waals surface area contributed by atoms with E-state index in [9.17, 15) is 0 Å². The molecule has 25 heavy (non-hydrogen) atoms. The fourth-order valence-electron chi connectivity index (χ4n) is 2.69. The van der Waals surface area contributed by atoms with Crippen molar-refractivity contribution in [2.24, 2.45) is 0 Å². The van der Waals surface area contributed by atoms with Gasteiger partial charge in [-0.25, -0.2) is 0 Å². The fraction of sp³-hybridized carbons (Fsp3) is 0.400.